The Morgan fingerprint density at radius 1 is 1.30 bits per heavy atom. The standard InChI is InChI=1S/C16H10BrF3N6O/c1-25-13(16(18,19)20)11(17)12(24-25)15(27)23-14-9(7-21)8-22-26(14)10-5-3-2-4-6-10/h2-6,8H,1H3,(H,23,27). The molecule has 7 nitrogen and oxygen atoms in total. The molecule has 1 aromatic carbocycles. The summed E-state index contributed by atoms with van der Waals surface area (Å²) in [4.78, 5) is 12.5. The number of hydrogen-bond donors (Lipinski definition) is 1. The predicted octanol–water partition coefficient (Wildman–Crippen LogP) is 3.51. The fourth-order valence-corrected chi connectivity index (χ4v) is 3.17. The fraction of sp³-hybridized carbons (Fsp3) is 0.125. The number of hydrogen-bond acceptors (Lipinski definition) is 4. The zero-order chi connectivity index (χ0) is 19.8. The summed E-state index contributed by atoms with van der Waals surface area (Å²) in [5, 5.41) is 19.4. The molecule has 0 radical (unpaired) electrons. The molecule has 3 aromatic rings. The first kappa shape index (κ1) is 18.7. The lowest BCUT2D eigenvalue weighted by Crippen LogP contribution is -2.17. The molecule has 0 aliphatic rings. The Kier molecular flexibility index (Phi) is 4.75. The molecule has 1 N–H and O–H groups in total. The summed E-state index contributed by atoms with van der Waals surface area (Å²) < 4.78 is 40.6. The van der Waals surface area contributed by atoms with Crippen LogP contribution >= 0.6 is 15.9 Å². The highest BCUT2D eigenvalue weighted by Crippen LogP contribution is 2.36. The van der Waals surface area contributed by atoms with Crippen LogP contribution in [-0.2, 0) is 13.2 Å². The zero-order valence-corrected chi connectivity index (χ0v) is 15.2. The molecule has 2 heterocycles. The maximum Gasteiger partial charge on any atom is 0.434 e. The van der Waals surface area contributed by atoms with Crippen LogP contribution in [0.4, 0.5) is 19.0 Å². The van der Waals surface area contributed by atoms with Gasteiger partial charge in [-0.05, 0) is 28.1 Å². The molecule has 138 valence electrons. The molecule has 27 heavy (non-hydrogen) atoms. The van der Waals surface area contributed by atoms with Gasteiger partial charge in [0.25, 0.3) is 5.91 Å². The maximum absolute atomic E-state index is 13.1. The quantitative estimate of drug-likeness (QED) is 0.677. The van der Waals surface area contributed by atoms with Crippen LogP contribution in [0.1, 0.15) is 21.7 Å². The molecule has 0 bridgehead atoms. The van der Waals surface area contributed by atoms with Crippen LogP contribution < -0.4 is 5.32 Å². The number of nitrogens with zero attached hydrogens (tertiary/aromatic N) is 5. The number of aryl methyl sites for hydroxylation is 1. The molecule has 0 unspecified atom stereocenters. The second-order valence-electron chi connectivity index (χ2n) is 5.35. The topological polar surface area (TPSA) is 88.5 Å². The van der Waals surface area contributed by atoms with Gasteiger partial charge < -0.3 is 5.32 Å². The van der Waals surface area contributed by atoms with Gasteiger partial charge in [0, 0.05) is 7.05 Å². The third kappa shape index (κ3) is 3.43. The van der Waals surface area contributed by atoms with Crippen molar-refractivity contribution >= 4 is 27.7 Å². The van der Waals surface area contributed by atoms with Crippen molar-refractivity contribution in [2.45, 2.75) is 6.18 Å². The van der Waals surface area contributed by atoms with Crippen molar-refractivity contribution in [1.29, 1.82) is 5.26 Å². The van der Waals surface area contributed by atoms with E-state index in [1.54, 1.807) is 30.3 Å². The van der Waals surface area contributed by atoms with Gasteiger partial charge in [-0.15, -0.1) is 0 Å². The highest BCUT2D eigenvalue weighted by Gasteiger charge is 2.39. The molecule has 0 atom stereocenters. The summed E-state index contributed by atoms with van der Waals surface area (Å²) in [6.45, 7) is 0. The molecule has 11 heteroatoms. The van der Waals surface area contributed by atoms with E-state index in [1.807, 2.05) is 6.07 Å². The molecule has 1 amide bonds. The molecule has 0 spiro atoms. The lowest BCUT2D eigenvalue weighted by molar-refractivity contribution is -0.144. The molecule has 2 aromatic heterocycles. The lowest BCUT2D eigenvalue weighted by Gasteiger charge is -2.09. The first-order valence-electron chi connectivity index (χ1n) is 7.38. The molecule has 0 fully saturated rings. The van der Waals surface area contributed by atoms with E-state index < -0.39 is 27.9 Å². The summed E-state index contributed by atoms with van der Waals surface area (Å²) in [5.41, 5.74) is -0.945. The number of carbonyl (C=O) groups is 1. The number of alkyl halides is 3. The normalized spacial score (nSPS) is 11.3. The highest BCUT2D eigenvalue weighted by atomic mass is 79.9. The molecule has 0 saturated carbocycles. The number of aromatic nitrogens is 4. The van der Waals surface area contributed by atoms with Crippen LogP contribution in [0.5, 0.6) is 0 Å². The molecule has 0 aliphatic heterocycles. The Labute approximate surface area is 159 Å². The third-order valence-corrected chi connectivity index (χ3v) is 4.35. The Hall–Kier alpha value is -3.13. The van der Waals surface area contributed by atoms with Crippen LogP contribution in [0.25, 0.3) is 5.69 Å². The van der Waals surface area contributed by atoms with Crippen molar-refractivity contribution in [1.82, 2.24) is 19.6 Å². The number of anilines is 1. The van der Waals surface area contributed by atoms with E-state index in [9.17, 15) is 23.2 Å². The summed E-state index contributed by atoms with van der Waals surface area (Å²) in [6.07, 6.45) is -3.44. The van der Waals surface area contributed by atoms with Gasteiger partial charge in [-0.1, -0.05) is 18.2 Å². The minimum Gasteiger partial charge on any atom is -0.304 e. The number of rotatable bonds is 3. The lowest BCUT2D eigenvalue weighted by atomic mass is 10.3. The van der Waals surface area contributed by atoms with Crippen molar-refractivity contribution in [3.05, 3.63) is 58.0 Å². The number of amides is 1. The van der Waals surface area contributed by atoms with Gasteiger partial charge in [0.05, 0.1) is 16.4 Å². The Bertz CT molecular complexity index is 1050. The van der Waals surface area contributed by atoms with Gasteiger partial charge in [-0.2, -0.15) is 28.6 Å². The second-order valence-corrected chi connectivity index (χ2v) is 6.15. The van der Waals surface area contributed by atoms with Crippen LogP contribution in [0.3, 0.4) is 0 Å². The van der Waals surface area contributed by atoms with Gasteiger partial charge in [0.15, 0.2) is 17.2 Å². The average molecular weight is 439 g/mol. The van der Waals surface area contributed by atoms with Crippen molar-refractivity contribution in [2.75, 3.05) is 5.32 Å². The van der Waals surface area contributed by atoms with Crippen molar-refractivity contribution in [3.63, 3.8) is 0 Å². The summed E-state index contributed by atoms with van der Waals surface area (Å²) >= 11 is 2.79. The van der Waals surface area contributed by atoms with Gasteiger partial charge in [-0.3, -0.25) is 9.48 Å². The van der Waals surface area contributed by atoms with E-state index in [0.29, 0.717) is 10.4 Å². The predicted molar refractivity (Wildman–Crippen MR) is 92.1 cm³/mol. The smallest absolute Gasteiger partial charge is 0.304 e. The summed E-state index contributed by atoms with van der Waals surface area (Å²) in [6, 6.07) is 10.5. The monoisotopic (exact) mass is 438 g/mol. The molecule has 0 saturated heterocycles. The van der Waals surface area contributed by atoms with E-state index >= 15 is 0 Å². The van der Waals surface area contributed by atoms with Gasteiger partial charge in [-0.25, -0.2) is 4.68 Å². The molecular formula is C16H10BrF3N6O. The molecule has 3 rings (SSSR count). The van der Waals surface area contributed by atoms with Crippen molar-refractivity contribution in [3.8, 4) is 11.8 Å². The van der Waals surface area contributed by atoms with Gasteiger partial charge >= 0.3 is 6.18 Å². The van der Waals surface area contributed by atoms with Gasteiger partial charge in [0.1, 0.15) is 11.6 Å². The number of nitriles is 1. The zero-order valence-electron chi connectivity index (χ0n) is 13.6. The Morgan fingerprint density at radius 3 is 2.52 bits per heavy atom. The van der Waals surface area contributed by atoms with Crippen molar-refractivity contribution in [2.24, 2.45) is 7.05 Å². The Morgan fingerprint density at radius 2 is 1.96 bits per heavy atom. The number of para-hydroxylation sites is 1. The van der Waals surface area contributed by atoms with Crippen LogP contribution in [0.15, 0.2) is 41.0 Å². The van der Waals surface area contributed by atoms with Gasteiger partial charge in [0.2, 0.25) is 0 Å². The first-order valence-corrected chi connectivity index (χ1v) is 8.18. The third-order valence-electron chi connectivity index (χ3n) is 3.60. The summed E-state index contributed by atoms with van der Waals surface area (Å²) in [5.74, 6) is -0.887. The van der Waals surface area contributed by atoms with E-state index in [-0.39, 0.29) is 11.4 Å². The SMILES string of the molecule is Cn1nc(C(=O)Nc2c(C#N)cnn2-c2ccccc2)c(Br)c1C(F)(F)F. The minimum atomic E-state index is -4.69. The first-order chi connectivity index (χ1) is 12.7. The average Bonchev–Trinajstić information content (AvgIpc) is 3.15. The summed E-state index contributed by atoms with van der Waals surface area (Å²) in [7, 11) is 1.08. The van der Waals surface area contributed by atoms with Crippen LogP contribution in [-0.4, -0.2) is 25.5 Å². The van der Waals surface area contributed by atoms with E-state index in [1.165, 1.54) is 10.9 Å². The largest absolute Gasteiger partial charge is 0.434 e. The second kappa shape index (κ2) is 6.88. The molecule has 0 aliphatic carbocycles. The van der Waals surface area contributed by atoms with Crippen molar-refractivity contribution < 1.29 is 18.0 Å². The number of carbonyl (C=O) groups excluding carboxylic acids is 1. The maximum atomic E-state index is 13.1. The van der Waals surface area contributed by atoms with E-state index in [0.717, 1.165) is 7.05 Å². The minimum absolute atomic E-state index is 0.0276. The highest BCUT2D eigenvalue weighted by molar-refractivity contribution is 9.10. The molecular weight excluding hydrogens is 429 g/mol. The van der Waals surface area contributed by atoms with E-state index in [4.69, 9.17) is 0 Å². The number of benzene rings is 1. The van der Waals surface area contributed by atoms with E-state index in [2.05, 4.69) is 31.4 Å². The van der Waals surface area contributed by atoms with Crippen LogP contribution in [0.2, 0.25) is 0 Å². The Balaban J connectivity index is 2.01. The number of nitrogens with one attached hydrogen (secondary N) is 1. The fourth-order valence-electron chi connectivity index (χ4n) is 2.43. The van der Waals surface area contributed by atoms with Crippen LogP contribution in [0, 0.1) is 11.3 Å². The number of halogens is 4.